The summed E-state index contributed by atoms with van der Waals surface area (Å²) in [6, 6.07) is 4.94. The highest BCUT2D eigenvalue weighted by molar-refractivity contribution is 7.09. The largest absolute Gasteiger partial charge is 0.324 e. The maximum absolute atomic E-state index is 14.4. The summed E-state index contributed by atoms with van der Waals surface area (Å²) in [6.07, 6.45) is 4.35. The second-order valence-corrected chi connectivity index (χ2v) is 8.72. The minimum absolute atomic E-state index is 0.0225. The van der Waals surface area contributed by atoms with Crippen molar-refractivity contribution in [2.45, 2.75) is 37.4 Å². The molecule has 4 aromatic rings. The van der Waals surface area contributed by atoms with Crippen LogP contribution in [-0.4, -0.2) is 58.8 Å². The number of hydrogen-bond donors (Lipinski definition) is 3. The Morgan fingerprint density at radius 3 is 3.06 bits per heavy atom. The predicted molar refractivity (Wildman–Crippen MR) is 116 cm³/mol. The van der Waals surface area contributed by atoms with E-state index in [2.05, 4.69) is 40.3 Å². The van der Waals surface area contributed by atoms with E-state index < -0.39 is 12.2 Å². The Hall–Kier alpha value is -3.61. The molecule has 1 aliphatic heterocycles. The molecule has 2 aliphatic rings. The lowest BCUT2D eigenvalue weighted by Crippen LogP contribution is -2.41. The normalized spacial score (nSPS) is 20.7. The number of nitrogens with one attached hydrogen (secondary N) is 3. The fourth-order valence-corrected chi connectivity index (χ4v) is 4.37. The van der Waals surface area contributed by atoms with Crippen LogP contribution in [0.25, 0.3) is 5.52 Å². The molecule has 0 bridgehead atoms. The molecule has 32 heavy (non-hydrogen) atoms. The molecule has 11 nitrogen and oxygen atoms in total. The average Bonchev–Trinajstić information content (AvgIpc) is 3.21. The second-order valence-electron chi connectivity index (χ2n) is 7.94. The van der Waals surface area contributed by atoms with Gasteiger partial charge in [0.15, 0.2) is 11.6 Å². The van der Waals surface area contributed by atoms with Gasteiger partial charge in [0, 0.05) is 41.8 Å². The van der Waals surface area contributed by atoms with Crippen LogP contribution in [-0.2, 0) is 4.79 Å². The first-order valence-corrected chi connectivity index (χ1v) is 11.1. The fraction of sp³-hybridized carbons (Fsp3) is 0.368. The topological polar surface area (TPSA) is 129 Å². The number of nitrogens with zero attached hydrogens (tertiary/aromatic N) is 7. The third-order valence-corrected chi connectivity index (χ3v) is 6.22. The fourth-order valence-electron chi connectivity index (χ4n) is 3.93. The lowest BCUT2D eigenvalue weighted by Gasteiger charge is -2.23. The molecule has 6 rings (SSSR count). The van der Waals surface area contributed by atoms with Crippen molar-refractivity contribution in [3.05, 3.63) is 36.4 Å². The van der Waals surface area contributed by atoms with E-state index in [9.17, 15) is 9.18 Å². The van der Waals surface area contributed by atoms with Gasteiger partial charge >= 0.3 is 0 Å². The molecule has 0 spiro atoms. The quantitative estimate of drug-likeness (QED) is 0.405. The number of anilines is 4. The summed E-state index contributed by atoms with van der Waals surface area (Å²) in [5.74, 6) is 1.61. The summed E-state index contributed by atoms with van der Waals surface area (Å²) >= 11 is 1.06. The number of rotatable bonds is 6. The Labute approximate surface area is 185 Å². The van der Waals surface area contributed by atoms with Gasteiger partial charge in [-0.1, -0.05) is 0 Å². The van der Waals surface area contributed by atoms with Gasteiger partial charge in [-0.25, -0.2) is 13.9 Å². The molecule has 2 atom stereocenters. The van der Waals surface area contributed by atoms with Gasteiger partial charge in [-0.15, -0.1) is 5.10 Å². The Morgan fingerprint density at radius 1 is 1.34 bits per heavy atom. The van der Waals surface area contributed by atoms with Crippen molar-refractivity contribution in [1.82, 2.24) is 34.2 Å². The molecular weight excluding hydrogens is 435 g/mol. The highest BCUT2D eigenvalue weighted by Crippen LogP contribution is 2.39. The van der Waals surface area contributed by atoms with Crippen LogP contribution in [0.4, 0.5) is 27.1 Å². The number of halogens is 1. The van der Waals surface area contributed by atoms with Gasteiger partial charge in [0.1, 0.15) is 24.1 Å². The van der Waals surface area contributed by atoms with Crippen molar-refractivity contribution in [2.75, 3.05) is 22.1 Å². The summed E-state index contributed by atoms with van der Waals surface area (Å²) in [7, 11) is 0. The molecule has 164 valence electrons. The first-order valence-electron chi connectivity index (χ1n) is 10.3. The third kappa shape index (κ3) is 3.53. The van der Waals surface area contributed by atoms with Crippen LogP contribution in [0.15, 0.2) is 30.7 Å². The minimum atomic E-state index is -1.17. The Kier molecular flexibility index (Phi) is 4.48. The monoisotopic (exact) mass is 454 g/mol. The van der Waals surface area contributed by atoms with Gasteiger partial charge in [-0.3, -0.25) is 15.2 Å². The molecule has 5 heterocycles. The number of fused-ring (bicyclic) bond motifs is 1. The first-order chi connectivity index (χ1) is 15.6. The number of H-pyrrole nitrogens is 1. The first kappa shape index (κ1) is 19.1. The van der Waals surface area contributed by atoms with E-state index in [1.165, 1.54) is 19.2 Å². The van der Waals surface area contributed by atoms with E-state index in [0.29, 0.717) is 22.7 Å². The summed E-state index contributed by atoms with van der Waals surface area (Å²) in [4.78, 5) is 23.0. The standard InChI is InChI=1S/C19H19FN10OS/c20-11-6-14(17(31)25-19-21-9-22-32-19)29(8-11)18-24-16(13-2-1-5-30(13)28-18)23-15-7-12(26-27-15)10-3-4-10/h1-2,5,7,9-11,14H,3-4,6,8H2,(H,21,22,25,31)(H2,23,24,26,27,28)/t11-,14+/m1/s1. The predicted octanol–water partition coefficient (Wildman–Crippen LogP) is 2.48. The number of aromatic amines is 1. The van der Waals surface area contributed by atoms with Crippen molar-refractivity contribution < 1.29 is 9.18 Å². The van der Waals surface area contributed by atoms with Crippen LogP contribution in [0.2, 0.25) is 0 Å². The number of aromatic nitrogens is 7. The number of carbonyl (C=O) groups excluding carboxylic acids is 1. The maximum atomic E-state index is 14.4. The molecule has 1 saturated carbocycles. The average molecular weight is 454 g/mol. The van der Waals surface area contributed by atoms with Crippen molar-refractivity contribution in [2.24, 2.45) is 0 Å². The summed E-state index contributed by atoms with van der Waals surface area (Å²) in [5, 5.41) is 18.2. The summed E-state index contributed by atoms with van der Waals surface area (Å²) in [5.41, 5.74) is 1.84. The van der Waals surface area contributed by atoms with Gasteiger partial charge < -0.3 is 10.2 Å². The van der Waals surface area contributed by atoms with E-state index in [-0.39, 0.29) is 24.8 Å². The van der Waals surface area contributed by atoms with E-state index in [1.807, 2.05) is 18.2 Å². The minimum Gasteiger partial charge on any atom is -0.324 e. The van der Waals surface area contributed by atoms with Crippen LogP contribution in [0.1, 0.15) is 30.9 Å². The zero-order chi connectivity index (χ0) is 21.7. The number of alkyl halides is 1. The smallest absolute Gasteiger partial charge is 0.249 e. The molecule has 2 fully saturated rings. The molecule has 0 aromatic carbocycles. The number of carbonyl (C=O) groups is 1. The van der Waals surface area contributed by atoms with Gasteiger partial charge in [0.05, 0.1) is 6.54 Å². The molecule has 1 amide bonds. The van der Waals surface area contributed by atoms with Crippen molar-refractivity contribution in [3.63, 3.8) is 0 Å². The number of hydrogen-bond acceptors (Lipinski definition) is 9. The van der Waals surface area contributed by atoms with Gasteiger partial charge in [0.2, 0.25) is 17.0 Å². The van der Waals surface area contributed by atoms with Gasteiger partial charge in [0.25, 0.3) is 0 Å². The van der Waals surface area contributed by atoms with E-state index in [4.69, 9.17) is 0 Å². The zero-order valence-corrected chi connectivity index (χ0v) is 17.6. The van der Waals surface area contributed by atoms with E-state index >= 15 is 0 Å². The van der Waals surface area contributed by atoms with Crippen LogP contribution < -0.4 is 15.5 Å². The van der Waals surface area contributed by atoms with Crippen molar-refractivity contribution in [1.29, 1.82) is 0 Å². The second kappa shape index (κ2) is 7.51. The molecule has 4 aromatic heterocycles. The molecule has 13 heteroatoms. The number of amides is 1. The lowest BCUT2D eigenvalue weighted by molar-refractivity contribution is -0.117. The van der Waals surface area contributed by atoms with Gasteiger partial charge in [-0.05, 0) is 25.0 Å². The van der Waals surface area contributed by atoms with E-state index in [0.717, 1.165) is 22.7 Å². The van der Waals surface area contributed by atoms with Crippen LogP contribution in [0.3, 0.4) is 0 Å². The lowest BCUT2D eigenvalue weighted by atomic mass is 10.2. The molecule has 1 saturated heterocycles. The molecular formula is C19H19FN10OS. The maximum Gasteiger partial charge on any atom is 0.249 e. The van der Waals surface area contributed by atoms with Crippen LogP contribution in [0, 0.1) is 0 Å². The Bertz CT molecular complexity index is 1270. The highest BCUT2D eigenvalue weighted by Gasteiger charge is 2.39. The molecule has 0 unspecified atom stereocenters. The Balaban J connectivity index is 1.31. The summed E-state index contributed by atoms with van der Waals surface area (Å²) in [6.45, 7) is 0.0225. The van der Waals surface area contributed by atoms with Crippen LogP contribution in [0.5, 0.6) is 0 Å². The zero-order valence-electron chi connectivity index (χ0n) is 16.8. The third-order valence-electron chi connectivity index (χ3n) is 5.64. The summed E-state index contributed by atoms with van der Waals surface area (Å²) < 4.78 is 19.9. The highest BCUT2D eigenvalue weighted by atomic mass is 32.1. The molecule has 3 N–H and O–H groups in total. The van der Waals surface area contributed by atoms with Crippen molar-refractivity contribution in [3.8, 4) is 0 Å². The van der Waals surface area contributed by atoms with Crippen LogP contribution >= 0.6 is 11.5 Å². The Morgan fingerprint density at radius 2 is 2.25 bits per heavy atom. The SMILES string of the molecule is O=C(Nc1ncns1)[C@@H]1C[C@@H](F)CN1c1nc(Nc2cc(C3CC3)[nH]n2)c2cccn2n1. The van der Waals surface area contributed by atoms with Gasteiger partial charge in [-0.2, -0.15) is 14.5 Å². The van der Waals surface area contributed by atoms with E-state index in [1.54, 1.807) is 15.6 Å². The molecule has 0 radical (unpaired) electrons. The molecule has 1 aliphatic carbocycles. The van der Waals surface area contributed by atoms with Crippen molar-refractivity contribution >= 4 is 45.7 Å².